The van der Waals surface area contributed by atoms with Crippen LogP contribution in [0.1, 0.15) is 22.3 Å². The number of benzene rings is 3. The van der Waals surface area contributed by atoms with Crippen LogP contribution in [0.4, 0.5) is 9.59 Å². The molecule has 8 nitrogen and oxygen atoms in total. The van der Waals surface area contributed by atoms with Crippen LogP contribution in [0.5, 0.6) is 11.5 Å². The quantitative estimate of drug-likeness (QED) is 0.377. The van der Waals surface area contributed by atoms with Gasteiger partial charge in [0.05, 0.1) is 10.5 Å². The van der Waals surface area contributed by atoms with Crippen LogP contribution in [0.15, 0.2) is 72.8 Å². The van der Waals surface area contributed by atoms with Crippen molar-refractivity contribution in [2.75, 3.05) is 0 Å². The average molecular weight is 549 g/mol. The van der Waals surface area contributed by atoms with Crippen molar-refractivity contribution in [3.63, 3.8) is 0 Å². The first-order valence-electron chi connectivity index (χ1n) is 12.0. The first-order chi connectivity index (χ1) is 18.4. The summed E-state index contributed by atoms with van der Waals surface area (Å²) in [7, 11) is 0. The molecule has 4 amide bonds. The Morgan fingerprint density at radius 2 is 0.974 bits per heavy atom. The van der Waals surface area contributed by atoms with Gasteiger partial charge in [0.15, 0.2) is 0 Å². The van der Waals surface area contributed by atoms with E-state index in [0.29, 0.717) is 37.6 Å². The van der Waals surface area contributed by atoms with Gasteiger partial charge in [-0.2, -0.15) is 0 Å². The fourth-order valence-electron chi connectivity index (χ4n) is 4.09. The van der Waals surface area contributed by atoms with Gasteiger partial charge in [0, 0.05) is 0 Å². The molecular weight excluding hydrogens is 524 g/mol. The summed E-state index contributed by atoms with van der Waals surface area (Å²) in [5.74, 6) is 0.918. The number of amides is 4. The molecule has 3 aromatic carbocycles. The van der Waals surface area contributed by atoms with E-state index < -0.39 is 10.5 Å². The molecule has 0 aromatic heterocycles. The third-order valence-corrected chi connectivity index (χ3v) is 8.09. The topological polar surface area (TPSA) is 111 Å². The lowest BCUT2D eigenvalue weighted by Gasteiger charge is -2.13. The lowest BCUT2D eigenvalue weighted by Crippen LogP contribution is -2.25. The Labute approximate surface area is 227 Å². The van der Waals surface area contributed by atoms with Gasteiger partial charge in [0.1, 0.15) is 24.7 Å². The number of thioether (sulfide) groups is 2. The molecule has 2 aliphatic heterocycles. The summed E-state index contributed by atoms with van der Waals surface area (Å²) in [4.78, 5) is 46.3. The van der Waals surface area contributed by atoms with Crippen LogP contribution >= 0.6 is 23.5 Å². The van der Waals surface area contributed by atoms with Gasteiger partial charge in [-0.1, -0.05) is 72.1 Å². The Morgan fingerprint density at radius 3 is 1.32 bits per heavy atom. The van der Waals surface area contributed by atoms with E-state index in [-0.39, 0.29) is 22.3 Å². The predicted molar refractivity (Wildman–Crippen MR) is 145 cm³/mol. The van der Waals surface area contributed by atoms with E-state index in [1.807, 2.05) is 72.8 Å². The van der Waals surface area contributed by atoms with Gasteiger partial charge in [0.2, 0.25) is 11.8 Å². The number of carbonyl (C=O) groups excluding carboxylic acids is 4. The molecule has 0 saturated carbocycles. The number of hydrogen-bond acceptors (Lipinski definition) is 8. The molecule has 0 spiro atoms. The van der Waals surface area contributed by atoms with E-state index in [2.05, 4.69) is 10.6 Å². The standard InChI is InChI=1S/C28H24N2O6S2/c31-25-23(37-27(33)29-25)13-17-5-9-21(10-6-17)35-15-19-3-1-2-4-20(19)16-36-22-11-7-18(8-12-22)14-24-26(32)30-28(34)38-24/h1-12,23-24H,13-16H2,(H,29,31,33)(H,30,32,34). The first kappa shape index (κ1) is 25.9. The van der Waals surface area contributed by atoms with Gasteiger partial charge in [0.25, 0.3) is 10.5 Å². The largest absolute Gasteiger partial charge is 0.489 e. The first-order valence-corrected chi connectivity index (χ1v) is 13.7. The zero-order valence-corrected chi connectivity index (χ0v) is 21.8. The van der Waals surface area contributed by atoms with Crippen LogP contribution in [0.3, 0.4) is 0 Å². The fourth-order valence-corrected chi connectivity index (χ4v) is 5.81. The third-order valence-electron chi connectivity index (χ3n) is 6.13. The van der Waals surface area contributed by atoms with Crippen molar-refractivity contribution in [2.45, 2.75) is 36.6 Å². The highest BCUT2D eigenvalue weighted by molar-refractivity contribution is 8.15. The number of imide groups is 2. The van der Waals surface area contributed by atoms with Crippen LogP contribution < -0.4 is 20.1 Å². The molecule has 38 heavy (non-hydrogen) atoms. The van der Waals surface area contributed by atoms with Gasteiger partial charge in [-0.15, -0.1) is 0 Å². The normalized spacial score (nSPS) is 18.8. The summed E-state index contributed by atoms with van der Waals surface area (Å²) in [6.45, 7) is 0.736. The molecule has 194 valence electrons. The van der Waals surface area contributed by atoms with Crippen molar-refractivity contribution >= 4 is 45.8 Å². The Hall–Kier alpha value is -3.76. The molecule has 0 radical (unpaired) electrons. The van der Waals surface area contributed by atoms with Gasteiger partial charge < -0.3 is 9.47 Å². The lowest BCUT2D eigenvalue weighted by atomic mass is 10.1. The molecule has 2 atom stereocenters. The summed E-state index contributed by atoms with van der Waals surface area (Å²) in [5.41, 5.74) is 3.91. The number of nitrogens with one attached hydrogen (secondary N) is 2. The van der Waals surface area contributed by atoms with E-state index in [1.165, 1.54) is 0 Å². The predicted octanol–water partition coefficient (Wildman–Crippen LogP) is 4.63. The van der Waals surface area contributed by atoms with Crippen LogP contribution in [-0.2, 0) is 35.6 Å². The molecule has 0 bridgehead atoms. The molecule has 2 fully saturated rings. The second-order valence-corrected chi connectivity index (χ2v) is 11.2. The SMILES string of the molecule is O=C1NC(=O)C(Cc2ccc(OCc3ccccc3COc3ccc(CC4SC(=O)NC4=O)cc3)cc2)S1. The summed E-state index contributed by atoms with van der Waals surface area (Å²) in [5, 5.41) is 3.23. The van der Waals surface area contributed by atoms with Crippen molar-refractivity contribution < 1.29 is 28.7 Å². The second-order valence-electron chi connectivity index (χ2n) is 8.81. The zero-order chi connectivity index (χ0) is 26.5. The number of ether oxygens (including phenoxy) is 2. The summed E-state index contributed by atoms with van der Waals surface area (Å²) >= 11 is 2.05. The molecule has 3 aromatic rings. The molecule has 2 saturated heterocycles. The highest BCUT2D eigenvalue weighted by atomic mass is 32.2. The van der Waals surface area contributed by atoms with Crippen LogP contribution in [0.25, 0.3) is 0 Å². The maximum Gasteiger partial charge on any atom is 0.286 e. The Balaban J connectivity index is 1.12. The minimum Gasteiger partial charge on any atom is -0.489 e. The maximum atomic E-state index is 11.8. The molecule has 2 heterocycles. The summed E-state index contributed by atoms with van der Waals surface area (Å²) < 4.78 is 12.0. The van der Waals surface area contributed by atoms with Gasteiger partial charge in [-0.3, -0.25) is 29.8 Å². The molecule has 2 unspecified atom stereocenters. The number of hydrogen-bond donors (Lipinski definition) is 2. The van der Waals surface area contributed by atoms with Crippen LogP contribution in [-0.4, -0.2) is 32.8 Å². The average Bonchev–Trinajstić information content (AvgIpc) is 3.41. The summed E-state index contributed by atoms with van der Waals surface area (Å²) in [6.07, 6.45) is 0.969. The summed E-state index contributed by atoms with van der Waals surface area (Å²) in [6, 6.07) is 22.9. The molecule has 10 heteroatoms. The third kappa shape index (κ3) is 6.56. The highest BCUT2D eigenvalue weighted by Crippen LogP contribution is 2.26. The van der Waals surface area contributed by atoms with E-state index in [9.17, 15) is 19.2 Å². The minimum atomic E-state index is -0.393. The van der Waals surface area contributed by atoms with E-state index in [4.69, 9.17) is 9.47 Å². The number of rotatable bonds is 10. The van der Waals surface area contributed by atoms with E-state index in [1.54, 1.807) is 0 Å². The number of carbonyl (C=O) groups is 4. The van der Waals surface area contributed by atoms with Crippen molar-refractivity contribution in [1.82, 2.24) is 10.6 Å². The van der Waals surface area contributed by atoms with Crippen molar-refractivity contribution in [2.24, 2.45) is 0 Å². The Bertz CT molecular complexity index is 1260. The highest BCUT2D eigenvalue weighted by Gasteiger charge is 2.32. The van der Waals surface area contributed by atoms with Crippen molar-refractivity contribution in [3.05, 3.63) is 95.1 Å². The van der Waals surface area contributed by atoms with Gasteiger partial charge in [-0.25, -0.2) is 0 Å². The molecule has 2 N–H and O–H groups in total. The fraction of sp³-hybridized carbons (Fsp3) is 0.214. The lowest BCUT2D eigenvalue weighted by molar-refractivity contribution is -0.119. The Morgan fingerprint density at radius 1 is 0.579 bits per heavy atom. The molecular formula is C28H24N2O6S2. The van der Waals surface area contributed by atoms with Crippen molar-refractivity contribution in [1.29, 1.82) is 0 Å². The van der Waals surface area contributed by atoms with Crippen LogP contribution in [0, 0.1) is 0 Å². The smallest absolute Gasteiger partial charge is 0.286 e. The zero-order valence-electron chi connectivity index (χ0n) is 20.2. The molecule has 5 rings (SSSR count). The molecule has 2 aliphatic rings. The maximum absolute atomic E-state index is 11.8. The van der Waals surface area contributed by atoms with E-state index in [0.717, 1.165) is 45.8 Å². The molecule has 0 aliphatic carbocycles. The van der Waals surface area contributed by atoms with Crippen LogP contribution in [0.2, 0.25) is 0 Å². The second kappa shape index (κ2) is 11.7. The van der Waals surface area contributed by atoms with Gasteiger partial charge in [-0.05, 0) is 59.4 Å². The van der Waals surface area contributed by atoms with Gasteiger partial charge >= 0.3 is 0 Å². The Kier molecular flexibility index (Phi) is 8.00. The monoisotopic (exact) mass is 548 g/mol. The minimum absolute atomic E-state index is 0.245. The van der Waals surface area contributed by atoms with E-state index >= 15 is 0 Å². The van der Waals surface area contributed by atoms with Crippen molar-refractivity contribution in [3.8, 4) is 11.5 Å².